The summed E-state index contributed by atoms with van der Waals surface area (Å²) >= 11 is 1.59. The number of nitrogens with zero attached hydrogens (tertiary/aromatic N) is 2. The number of rotatable bonds is 10. The van der Waals surface area contributed by atoms with E-state index in [1.165, 1.54) is 0 Å². The summed E-state index contributed by atoms with van der Waals surface area (Å²) in [4.78, 5) is 30.8. The van der Waals surface area contributed by atoms with E-state index in [1.54, 1.807) is 44.4 Å². The first kappa shape index (κ1) is 24.3. The van der Waals surface area contributed by atoms with Crippen molar-refractivity contribution in [3.8, 4) is 17.0 Å². The molecule has 0 aliphatic heterocycles. The van der Waals surface area contributed by atoms with Crippen LogP contribution in [0.4, 0.5) is 5.13 Å². The van der Waals surface area contributed by atoms with E-state index in [9.17, 15) is 14.7 Å². The molecule has 0 spiro atoms. The molecular formula is C25H29N3O4S. The van der Waals surface area contributed by atoms with Gasteiger partial charge in [-0.1, -0.05) is 26.0 Å². The molecule has 1 unspecified atom stereocenters. The molecule has 2 aromatic carbocycles. The molecule has 3 rings (SSSR count). The van der Waals surface area contributed by atoms with Gasteiger partial charge in [0.1, 0.15) is 11.8 Å². The van der Waals surface area contributed by atoms with E-state index in [4.69, 9.17) is 9.72 Å². The zero-order valence-corrected chi connectivity index (χ0v) is 20.1. The Hall–Kier alpha value is -3.39. The fraction of sp³-hybridized carbons (Fsp3) is 0.320. The first-order chi connectivity index (χ1) is 15.8. The molecule has 0 aliphatic rings. The van der Waals surface area contributed by atoms with Gasteiger partial charge in [-0.3, -0.25) is 4.79 Å². The van der Waals surface area contributed by atoms with Crippen LogP contribution in [0.25, 0.3) is 11.3 Å². The molecule has 1 aromatic heterocycles. The summed E-state index contributed by atoms with van der Waals surface area (Å²) in [5.74, 6) is -0.820. The maximum atomic E-state index is 12.5. The second kappa shape index (κ2) is 11.0. The highest BCUT2D eigenvalue weighted by Gasteiger charge is 2.24. The number of ether oxygens (including phenoxy) is 1. The van der Waals surface area contributed by atoms with Gasteiger partial charge < -0.3 is 20.1 Å². The molecule has 3 aromatic rings. The molecule has 0 aliphatic carbocycles. The molecule has 0 fully saturated rings. The molecule has 8 heteroatoms. The van der Waals surface area contributed by atoms with Gasteiger partial charge in [-0.25, -0.2) is 9.78 Å². The Labute approximate surface area is 198 Å². The maximum absolute atomic E-state index is 12.5. The van der Waals surface area contributed by atoms with Crippen LogP contribution >= 0.6 is 11.3 Å². The van der Waals surface area contributed by atoms with Gasteiger partial charge in [-0.15, -0.1) is 11.3 Å². The number of hydrogen-bond donors (Lipinski definition) is 2. The summed E-state index contributed by atoms with van der Waals surface area (Å²) in [5.41, 5.74) is 3.42. The quantitative estimate of drug-likeness (QED) is 0.450. The number of benzene rings is 2. The monoisotopic (exact) mass is 467 g/mol. The minimum absolute atomic E-state index is 0.204. The second-order valence-corrected chi connectivity index (χ2v) is 8.82. The van der Waals surface area contributed by atoms with Crippen LogP contribution in [-0.4, -0.2) is 41.7 Å². The van der Waals surface area contributed by atoms with Crippen molar-refractivity contribution in [3.05, 3.63) is 65.0 Å². The number of carboxylic acid groups (broad SMARTS) is 1. The summed E-state index contributed by atoms with van der Waals surface area (Å²) < 4.78 is 5.22. The Morgan fingerprint density at radius 2 is 1.79 bits per heavy atom. The van der Waals surface area contributed by atoms with E-state index in [0.29, 0.717) is 12.1 Å². The third-order valence-corrected chi connectivity index (χ3v) is 6.24. The van der Waals surface area contributed by atoms with Gasteiger partial charge in [0, 0.05) is 29.6 Å². The average Bonchev–Trinajstić information content (AvgIpc) is 3.31. The number of aromatic nitrogens is 1. The van der Waals surface area contributed by atoms with Gasteiger partial charge in [0.2, 0.25) is 0 Å². The van der Waals surface area contributed by atoms with Crippen LogP contribution in [0.1, 0.15) is 36.7 Å². The van der Waals surface area contributed by atoms with Crippen molar-refractivity contribution in [3.63, 3.8) is 0 Å². The SMILES string of the molecule is CCN(Cc1ccc(C(=O)NC(C(=O)O)C(C)C)cc1)c1nc(-c2ccc(OC)cc2)cs1. The number of aliphatic carboxylic acids is 1. The molecule has 2 N–H and O–H groups in total. The average molecular weight is 468 g/mol. The van der Waals surface area contributed by atoms with E-state index in [1.807, 2.05) is 41.8 Å². The van der Waals surface area contributed by atoms with Crippen molar-refractivity contribution in [2.45, 2.75) is 33.4 Å². The van der Waals surface area contributed by atoms with Crippen LogP contribution in [0.3, 0.4) is 0 Å². The zero-order valence-electron chi connectivity index (χ0n) is 19.2. The van der Waals surface area contributed by atoms with Crippen molar-refractivity contribution < 1.29 is 19.4 Å². The summed E-state index contributed by atoms with van der Waals surface area (Å²) in [6.45, 7) is 7.04. The number of carbonyl (C=O) groups is 2. The lowest BCUT2D eigenvalue weighted by Gasteiger charge is -2.20. The minimum atomic E-state index is -1.04. The largest absolute Gasteiger partial charge is 0.497 e. The van der Waals surface area contributed by atoms with Crippen LogP contribution < -0.4 is 15.0 Å². The van der Waals surface area contributed by atoms with E-state index >= 15 is 0 Å². The molecule has 33 heavy (non-hydrogen) atoms. The number of hydrogen-bond acceptors (Lipinski definition) is 6. The van der Waals surface area contributed by atoms with Crippen LogP contribution in [0.5, 0.6) is 5.75 Å². The van der Waals surface area contributed by atoms with Gasteiger partial charge >= 0.3 is 5.97 Å². The molecular weight excluding hydrogens is 438 g/mol. The van der Waals surface area contributed by atoms with Crippen molar-refractivity contribution in [1.82, 2.24) is 10.3 Å². The number of thiazole rings is 1. The van der Waals surface area contributed by atoms with Gasteiger partial charge in [0.05, 0.1) is 12.8 Å². The highest BCUT2D eigenvalue weighted by atomic mass is 32.1. The van der Waals surface area contributed by atoms with Crippen LogP contribution in [0.2, 0.25) is 0 Å². The predicted molar refractivity (Wildman–Crippen MR) is 131 cm³/mol. The number of amides is 1. The molecule has 0 saturated carbocycles. The molecule has 1 atom stereocenters. The fourth-order valence-corrected chi connectivity index (χ4v) is 4.24. The number of carbonyl (C=O) groups excluding carboxylic acids is 1. The van der Waals surface area contributed by atoms with Crippen molar-refractivity contribution in [2.24, 2.45) is 5.92 Å². The lowest BCUT2D eigenvalue weighted by Crippen LogP contribution is -2.44. The van der Waals surface area contributed by atoms with Gasteiger partial charge in [-0.05, 0) is 54.8 Å². The summed E-state index contributed by atoms with van der Waals surface area (Å²) in [6, 6.07) is 14.1. The molecule has 0 radical (unpaired) electrons. The Balaban J connectivity index is 1.67. The number of nitrogens with one attached hydrogen (secondary N) is 1. The smallest absolute Gasteiger partial charge is 0.326 e. The highest BCUT2D eigenvalue weighted by Crippen LogP contribution is 2.29. The van der Waals surface area contributed by atoms with Gasteiger partial charge in [0.25, 0.3) is 5.91 Å². The Kier molecular flexibility index (Phi) is 8.06. The van der Waals surface area contributed by atoms with Crippen molar-refractivity contribution in [2.75, 3.05) is 18.6 Å². The van der Waals surface area contributed by atoms with E-state index in [0.717, 1.165) is 34.2 Å². The fourth-order valence-electron chi connectivity index (χ4n) is 3.34. The molecule has 1 heterocycles. The maximum Gasteiger partial charge on any atom is 0.326 e. The number of anilines is 1. The Morgan fingerprint density at radius 3 is 2.33 bits per heavy atom. The van der Waals surface area contributed by atoms with E-state index < -0.39 is 12.0 Å². The van der Waals surface area contributed by atoms with Crippen LogP contribution in [0, 0.1) is 5.92 Å². The van der Waals surface area contributed by atoms with Gasteiger partial charge in [-0.2, -0.15) is 0 Å². The molecule has 0 saturated heterocycles. The second-order valence-electron chi connectivity index (χ2n) is 7.99. The minimum Gasteiger partial charge on any atom is -0.497 e. The van der Waals surface area contributed by atoms with Crippen LogP contribution in [0.15, 0.2) is 53.9 Å². The number of carboxylic acids is 1. The van der Waals surface area contributed by atoms with Crippen molar-refractivity contribution >= 4 is 28.3 Å². The molecule has 0 bridgehead atoms. The third-order valence-electron chi connectivity index (χ3n) is 5.34. The molecule has 1 amide bonds. The van der Waals surface area contributed by atoms with Crippen LogP contribution in [-0.2, 0) is 11.3 Å². The summed E-state index contributed by atoms with van der Waals surface area (Å²) in [7, 11) is 1.65. The lowest BCUT2D eigenvalue weighted by molar-refractivity contribution is -0.140. The standard InChI is InChI=1S/C25H29N3O4S/c1-5-28(25-26-21(15-33-25)18-10-12-20(32-4)13-11-18)14-17-6-8-19(9-7-17)23(29)27-22(16(2)3)24(30)31/h6-13,15-16,22H,5,14H2,1-4H3,(H,27,29)(H,30,31). The van der Waals surface area contributed by atoms with E-state index in [-0.39, 0.29) is 11.8 Å². The summed E-state index contributed by atoms with van der Waals surface area (Å²) in [5, 5.41) is 14.8. The first-order valence-electron chi connectivity index (χ1n) is 10.8. The first-order valence-corrected chi connectivity index (χ1v) is 11.7. The van der Waals surface area contributed by atoms with E-state index in [2.05, 4.69) is 17.1 Å². The van der Waals surface area contributed by atoms with Gasteiger partial charge in [0.15, 0.2) is 5.13 Å². The number of methoxy groups -OCH3 is 1. The topological polar surface area (TPSA) is 91.8 Å². The summed E-state index contributed by atoms with van der Waals surface area (Å²) in [6.07, 6.45) is 0. The Morgan fingerprint density at radius 1 is 1.12 bits per heavy atom. The highest BCUT2D eigenvalue weighted by molar-refractivity contribution is 7.14. The lowest BCUT2D eigenvalue weighted by atomic mass is 10.0. The predicted octanol–water partition coefficient (Wildman–Crippen LogP) is 4.68. The zero-order chi connectivity index (χ0) is 24.0. The molecule has 174 valence electrons. The third kappa shape index (κ3) is 6.10. The Bertz CT molecular complexity index is 1080. The normalized spacial score (nSPS) is 11.8. The van der Waals surface area contributed by atoms with Crippen molar-refractivity contribution in [1.29, 1.82) is 0 Å². The molecule has 7 nitrogen and oxygen atoms in total.